The molecular formula is C30H36ClN3O4S. The Morgan fingerprint density at radius 3 is 2.49 bits per heavy atom. The summed E-state index contributed by atoms with van der Waals surface area (Å²) in [6, 6.07) is 16.1. The van der Waals surface area contributed by atoms with Crippen LogP contribution >= 0.6 is 23.4 Å². The average Bonchev–Trinajstić information content (AvgIpc) is 3.49. The first-order chi connectivity index (χ1) is 18.8. The SMILES string of the molecule is C[C@@]12CCC3(S1)C(C(=O)Nc1ccccc1Cl)N(CCCCCCO)C(=O)[C@@H]3[C@@H]2C(=O)NCc1ccccc1. The highest BCUT2D eigenvalue weighted by atomic mass is 35.5. The van der Waals surface area contributed by atoms with Crippen LogP contribution in [0.1, 0.15) is 51.0 Å². The van der Waals surface area contributed by atoms with Gasteiger partial charge in [-0.05, 0) is 50.3 Å². The largest absolute Gasteiger partial charge is 0.396 e. The van der Waals surface area contributed by atoms with Gasteiger partial charge in [-0.2, -0.15) is 0 Å². The molecule has 0 aromatic heterocycles. The van der Waals surface area contributed by atoms with Crippen LogP contribution in [0.5, 0.6) is 0 Å². The minimum Gasteiger partial charge on any atom is -0.396 e. The second-order valence-electron chi connectivity index (χ2n) is 11.1. The van der Waals surface area contributed by atoms with E-state index in [0.29, 0.717) is 30.2 Å². The van der Waals surface area contributed by atoms with E-state index in [2.05, 4.69) is 17.6 Å². The Morgan fingerprint density at radius 1 is 1.03 bits per heavy atom. The van der Waals surface area contributed by atoms with Crippen molar-refractivity contribution in [2.75, 3.05) is 18.5 Å². The van der Waals surface area contributed by atoms with Gasteiger partial charge in [-0.3, -0.25) is 14.4 Å². The zero-order valence-corrected chi connectivity index (χ0v) is 23.8. The van der Waals surface area contributed by atoms with E-state index in [9.17, 15) is 14.4 Å². The molecule has 2 aromatic carbocycles. The molecule has 3 fully saturated rings. The highest BCUT2D eigenvalue weighted by Gasteiger charge is 2.77. The molecule has 3 heterocycles. The lowest BCUT2D eigenvalue weighted by Gasteiger charge is -2.35. The third-order valence-corrected chi connectivity index (χ3v) is 10.9. The number of hydrogen-bond acceptors (Lipinski definition) is 5. The van der Waals surface area contributed by atoms with Gasteiger partial charge >= 0.3 is 0 Å². The second kappa shape index (κ2) is 11.5. The Morgan fingerprint density at radius 2 is 1.74 bits per heavy atom. The van der Waals surface area contributed by atoms with Gasteiger partial charge in [0.25, 0.3) is 0 Å². The van der Waals surface area contributed by atoms with Gasteiger partial charge in [0, 0.05) is 24.4 Å². The highest BCUT2D eigenvalue weighted by Crippen LogP contribution is 2.71. The van der Waals surface area contributed by atoms with Gasteiger partial charge in [-0.1, -0.05) is 66.9 Å². The number of unbranched alkanes of at least 4 members (excludes halogenated alkanes) is 3. The third kappa shape index (κ3) is 5.19. The van der Waals surface area contributed by atoms with Gasteiger partial charge in [-0.25, -0.2) is 0 Å². The zero-order valence-electron chi connectivity index (χ0n) is 22.2. The second-order valence-corrected chi connectivity index (χ2v) is 13.4. The summed E-state index contributed by atoms with van der Waals surface area (Å²) >= 11 is 8.02. The maximum atomic E-state index is 14.1. The third-order valence-electron chi connectivity index (χ3n) is 8.56. The number of benzene rings is 2. The number of aliphatic hydroxyl groups excluding tert-OH is 1. The van der Waals surface area contributed by atoms with E-state index in [0.717, 1.165) is 37.7 Å². The lowest BCUT2D eigenvalue weighted by atomic mass is 9.66. The number of nitrogens with one attached hydrogen (secondary N) is 2. The van der Waals surface area contributed by atoms with E-state index in [1.54, 1.807) is 34.9 Å². The Balaban J connectivity index is 1.42. The number of nitrogens with zero attached hydrogens (tertiary/aromatic N) is 1. The van der Waals surface area contributed by atoms with E-state index in [1.165, 1.54) is 0 Å². The Labute approximate surface area is 239 Å². The van der Waals surface area contributed by atoms with E-state index < -0.39 is 27.4 Å². The molecule has 0 radical (unpaired) electrons. The van der Waals surface area contributed by atoms with Crippen molar-refractivity contribution in [1.82, 2.24) is 10.2 Å². The molecule has 2 bridgehead atoms. The summed E-state index contributed by atoms with van der Waals surface area (Å²) in [5, 5.41) is 15.7. The van der Waals surface area contributed by atoms with Gasteiger partial charge < -0.3 is 20.6 Å². The number of thioether (sulfide) groups is 1. The van der Waals surface area contributed by atoms with Crippen LogP contribution in [0.25, 0.3) is 0 Å². The van der Waals surface area contributed by atoms with Crippen molar-refractivity contribution in [3.63, 3.8) is 0 Å². The Bertz CT molecular complexity index is 1230. The summed E-state index contributed by atoms with van der Waals surface area (Å²) < 4.78 is -1.09. The van der Waals surface area contributed by atoms with Gasteiger partial charge in [0.1, 0.15) is 6.04 Å². The number of anilines is 1. The number of rotatable bonds is 11. The van der Waals surface area contributed by atoms with Crippen molar-refractivity contribution in [1.29, 1.82) is 0 Å². The minimum absolute atomic E-state index is 0.104. The molecule has 3 saturated heterocycles. The van der Waals surface area contributed by atoms with Crippen LogP contribution in [0.4, 0.5) is 5.69 Å². The van der Waals surface area contributed by atoms with Crippen molar-refractivity contribution < 1.29 is 19.5 Å². The topological polar surface area (TPSA) is 98.7 Å². The summed E-state index contributed by atoms with van der Waals surface area (Å²) in [5.41, 5.74) is 1.51. The van der Waals surface area contributed by atoms with E-state index in [1.807, 2.05) is 36.4 Å². The van der Waals surface area contributed by atoms with Crippen LogP contribution < -0.4 is 10.6 Å². The van der Waals surface area contributed by atoms with Crippen LogP contribution in [0.2, 0.25) is 5.02 Å². The average molecular weight is 570 g/mol. The molecule has 1 spiro atoms. The van der Waals surface area contributed by atoms with Gasteiger partial charge in [0.05, 0.1) is 27.3 Å². The molecule has 208 valence electrons. The molecule has 2 aromatic rings. The number of carbonyl (C=O) groups excluding carboxylic acids is 3. The molecule has 2 unspecified atom stereocenters. The van der Waals surface area contributed by atoms with E-state index in [-0.39, 0.29) is 24.3 Å². The maximum Gasteiger partial charge on any atom is 0.248 e. The molecule has 3 N–H and O–H groups in total. The number of carbonyl (C=O) groups is 3. The molecular weight excluding hydrogens is 534 g/mol. The number of likely N-dealkylation sites (tertiary alicyclic amines) is 1. The van der Waals surface area contributed by atoms with Crippen molar-refractivity contribution in [2.24, 2.45) is 11.8 Å². The summed E-state index contributed by atoms with van der Waals surface area (Å²) in [5.74, 6) is -1.55. The molecule has 5 rings (SSSR count). The summed E-state index contributed by atoms with van der Waals surface area (Å²) in [7, 11) is 0. The fourth-order valence-electron chi connectivity index (χ4n) is 6.77. The van der Waals surface area contributed by atoms with Crippen molar-refractivity contribution in [3.8, 4) is 0 Å². The number of aliphatic hydroxyl groups is 1. The number of halogens is 1. The first kappa shape index (κ1) is 28.0. The van der Waals surface area contributed by atoms with Crippen LogP contribution in [0, 0.1) is 11.8 Å². The van der Waals surface area contributed by atoms with Crippen LogP contribution in [0.15, 0.2) is 54.6 Å². The molecule has 5 atom stereocenters. The number of para-hydroxylation sites is 1. The fourth-order valence-corrected chi connectivity index (χ4v) is 9.31. The normalized spacial score (nSPS) is 28.9. The monoisotopic (exact) mass is 569 g/mol. The number of amides is 3. The van der Waals surface area contributed by atoms with Gasteiger partial charge in [-0.15, -0.1) is 11.8 Å². The molecule has 7 nitrogen and oxygen atoms in total. The predicted octanol–water partition coefficient (Wildman–Crippen LogP) is 4.63. The van der Waals surface area contributed by atoms with Crippen LogP contribution in [0.3, 0.4) is 0 Å². The first-order valence-electron chi connectivity index (χ1n) is 13.8. The van der Waals surface area contributed by atoms with Crippen LogP contribution in [-0.2, 0) is 20.9 Å². The van der Waals surface area contributed by atoms with Gasteiger partial charge in [0.2, 0.25) is 17.7 Å². The molecule has 3 aliphatic rings. The number of hydrogen-bond donors (Lipinski definition) is 3. The lowest BCUT2D eigenvalue weighted by Crippen LogP contribution is -2.52. The summed E-state index contributed by atoms with van der Waals surface area (Å²) in [6.45, 7) is 3.06. The quantitative estimate of drug-likeness (QED) is 0.343. The molecule has 9 heteroatoms. The maximum absolute atomic E-state index is 14.1. The molecule has 0 aliphatic carbocycles. The minimum atomic E-state index is -0.692. The van der Waals surface area contributed by atoms with Crippen molar-refractivity contribution in [3.05, 3.63) is 65.2 Å². The van der Waals surface area contributed by atoms with E-state index >= 15 is 0 Å². The molecule has 39 heavy (non-hydrogen) atoms. The smallest absolute Gasteiger partial charge is 0.248 e. The first-order valence-corrected chi connectivity index (χ1v) is 15.0. The summed E-state index contributed by atoms with van der Waals surface area (Å²) in [4.78, 5) is 43.5. The molecule has 0 saturated carbocycles. The van der Waals surface area contributed by atoms with Crippen LogP contribution in [-0.4, -0.2) is 56.4 Å². The molecule has 3 amide bonds. The van der Waals surface area contributed by atoms with Crippen molar-refractivity contribution >= 4 is 46.8 Å². The number of fused-ring (bicyclic) bond motifs is 1. The fraction of sp³-hybridized carbons (Fsp3) is 0.500. The van der Waals surface area contributed by atoms with Gasteiger partial charge in [0.15, 0.2) is 0 Å². The Kier molecular flexibility index (Phi) is 8.26. The highest BCUT2D eigenvalue weighted by molar-refractivity contribution is 8.02. The predicted molar refractivity (Wildman–Crippen MR) is 154 cm³/mol. The molecule has 3 aliphatic heterocycles. The lowest BCUT2D eigenvalue weighted by molar-refractivity contribution is -0.140. The zero-order chi connectivity index (χ0) is 27.6. The van der Waals surface area contributed by atoms with E-state index in [4.69, 9.17) is 16.7 Å². The summed E-state index contributed by atoms with van der Waals surface area (Å²) in [6.07, 6.45) is 4.64. The van der Waals surface area contributed by atoms with Crippen molar-refractivity contribution in [2.45, 2.75) is 67.5 Å². The Hall–Kier alpha value is -2.55. The standard InChI is InChI=1S/C30H36ClN3O4S/c1-29-15-16-30(39-29)24(23(29)26(36)32-19-20-11-5-4-6-12-20)28(38)34(17-9-2-3-10-18-35)25(30)27(37)33-22-14-8-7-13-21(22)31/h4-8,11-14,23-25,35H,2-3,9-10,15-19H2,1H3,(H,32,36)(H,33,37)/t23-,24+,25?,29+,30?/m1/s1.